The molecule has 14 heavy (non-hydrogen) atoms. The standard InChI is InChI=1S/C11H11NOS/c13-10(11-4-3-9-14-11)5-8-12-6-1-2-7-12/h3-4,9H,1-2,6-7H2. The summed E-state index contributed by atoms with van der Waals surface area (Å²) in [4.78, 5) is 14.2. The summed E-state index contributed by atoms with van der Waals surface area (Å²) in [6.07, 6.45) is 2.39. The lowest BCUT2D eigenvalue weighted by atomic mass is 10.3. The number of nitrogens with zero attached hydrogens (tertiary/aromatic N) is 1. The van der Waals surface area contributed by atoms with Crippen LogP contribution in [0.25, 0.3) is 0 Å². The number of thiophene rings is 1. The molecule has 72 valence electrons. The molecule has 1 aliphatic rings. The molecule has 2 rings (SSSR count). The predicted octanol–water partition coefficient (Wildman–Crippen LogP) is 1.99. The van der Waals surface area contributed by atoms with Gasteiger partial charge in [0.25, 0.3) is 0 Å². The molecule has 1 fully saturated rings. The van der Waals surface area contributed by atoms with E-state index in [1.807, 2.05) is 22.4 Å². The van der Waals surface area contributed by atoms with E-state index in [0.717, 1.165) is 18.0 Å². The molecule has 0 saturated carbocycles. The molecule has 0 aliphatic carbocycles. The molecule has 1 aliphatic heterocycles. The lowest BCUT2D eigenvalue weighted by molar-refractivity contribution is 0.105. The van der Waals surface area contributed by atoms with E-state index in [1.54, 1.807) is 0 Å². The van der Waals surface area contributed by atoms with Gasteiger partial charge < -0.3 is 4.90 Å². The minimum Gasteiger partial charge on any atom is -0.332 e. The molecule has 3 heteroatoms. The molecule has 1 saturated heterocycles. The number of ketones is 1. The second-order valence-corrected chi connectivity index (χ2v) is 4.19. The van der Waals surface area contributed by atoms with Crippen LogP contribution < -0.4 is 0 Å². The molecule has 2 heterocycles. The van der Waals surface area contributed by atoms with Gasteiger partial charge in [-0.15, -0.1) is 11.3 Å². The van der Waals surface area contributed by atoms with Crippen LogP contribution >= 0.6 is 11.3 Å². The molecule has 0 bridgehead atoms. The summed E-state index contributed by atoms with van der Waals surface area (Å²) in [7, 11) is 0. The fourth-order valence-corrected chi connectivity index (χ4v) is 2.05. The van der Waals surface area contributed by atoms with Crippen molar-refractivity contribution in [1.29, 1.82) is 0 Å². The van der Waals surface area contributed by atoms with E-state index < -0.39 is 0 Å². The SMILES string of the molecule is O=C(C#CN1CCCC1)c1cccs1. The zero-order chi connectivity index (χ0) is 9.80. The van der Waals surface area contributed by atoms with Gasteiger partial charge in [-0.1, -0.05) is 6.07 Å². The van der Waals surface area contributed by atoms with Crippen molar-refractivity contribution in [1.82, 2.24) is 4.90 Å². The van der Waals surface area contributed by atoms with Crippen LogP contribution in [0.2, 0.25) is 0 Å². The maximum Gasteiger partial charge on any atom is 0.247 e. The molecule has 0 aromatic carbocycles. The highest BCUT2D eigenvalue weighted by Gasteiger charge is 2.07. The third-order valence-corrected chi connectivity index (χ3v) is 3.05. The number of hydrogen-bond donors (Lipinski definition) is 0. The van der Waals surface area contributed by atoms with Crippen LogP contribution in [0.3, 0.4) is 0 Å². The second kappa shape index (κ2) is 4.30. The van der Waals surface area contributed by atoms with Crippen LogP contribution in [0, 0.1) is 12.0 Å². The number of carbonyl (C=O) groups is 1. The van der Waals surface area contributed by atoms with Crippen molar-refractivity contribution in [2.24, 2.45) is 0 Å². The van der Waals surface area contributed by atoms with Crippen molar-refractivity contribution in [3.05, 3.63) is 22.4 Å². The molecule has 1 aromatic rings. The predicted molar refractivity (Wildman–Crippen MR) is 57.2 cm³/mol. The molecule has 0 unspecified atom stereocenters. The Balaban J connectivity index is 1.99. The van der Waals surface area contributed by atoms with Crippen LogP contribution in [-0.4, -0.2) is 23.8 Å². The van der Waals surface area contributed by atoms with E-state index in [9.17, 15) is 4.79 Å². The largest absolute Gasteiger partial charge is 0.332 e. The van der Waals surface area contributed by atoms with Gasteiger partial charge in [0.15, 0.2) is 0 Å². The number of carbonyl (C=O) groups excluding carboxylic acids is 1. The first kappa shape index (κ1) is 9.29. The monoisotopic (exact) mass is 205 g/mol. The summed E-state index contributed by atoms with van der Waals surface area (Å²) >= 11 is 1.44. The lowest BCUT2D eigenvalue weighted by Gasteiger charge is -2.04. The van der Waals surface area contributed by atoms with Gasteiger partial charge in [0.2, 0.25) is 5.78 Å². The van der Waals surface area contributed by atoms with Gasteiger partial charge in [0.1, 0.15) is 0 Å². The van der Waals surface area contributed by atoms with Gasteiger partial charge in [-0.2, -0.15) is 0 Å². The Hall–Kier alpha value is -1.27. The van der Waals surface area contributed by atoms with Crippen LogP contribution in [0.15, 0.2) is 17.5 Å². The van der Waals surface area contributed by atoms with Crippen molar-refractivity contribution in [3.63, 3.8) is 0 Å². The number of Topliss-reactive ketones (excluding diaryl/α,β-unsaturated/α-hetero) is 1. The van der Waals surface area contributed by atoms with Crippen molar-refractivity contribution >= 4 is 17.1 Å². The van der Waals surface area contributed by atoms with Crippen LogP contribution in [0.5, 0.6) is 0 Å². The van der Waals surface area contributed by atoms with Crippen LogP contribution in [0.4, 0.5) is 0 Å². The van der Waals surface area contributed by atoms with E-state index in [0.29, 0.717) is 0 Å². The average molecular weight is 205 g/mol. The van der Waals surface area contributed by atoms with Crippen LogP contribution in [0.1, 0.15) is 22.5 Å². The molecule has 2 nitrogen and oxygen atoms in total. The summed E-state index contributed by atoms with van der Waals surface area (Å²) < 4.78 is 0. The minimum absolute atomic E-state index is 0.0631. The van der Waals surface area contributed by atoms with Crippen molar-refractivity contribution in [2.45, 2.75) is 12.8 Å². The Morgan fingerprint density at radius 3 is 2.86 bits per heavy atom. The summed E-state index contributed by atoms with van der Waals surface area (Å²) in [6.45, 7) is 2.01. The van der Waals surface area contributed by atoms with Gasteiger partial charge in [-0.05, 0) is 24.3 Å². The van der Waals surface area contributed by atoms with Gasteiger partial charge in [-0.25, -0.2) is 0 Å². The Kier molecular flexibility index (Phi) is 2.85. The normalized spacial score (nSPS) is 15.0. The Bertz CT molecular complexity index is 366. The molecule has 1 aromatic heterocycles. The topological polar surface area (TPSA) is 20.3 Å². The number of hydrogen-bond acceptors (Lipinski definition) is 3. The average Bonchev–Trinajstić information content (AvgIpc) is 2.87. The maximum atomic E-state index is 11.5. The van der Waals surface area contributed by atoms with Crippen molar-refractivity contribution in [3.8, 4) is 12.0 Å². The van der Waals surface area contributed by atoms with E-state index in [-0.39, 0.29) is 5.78 Å². The van der Waals surface area contributed by atoms with E-state index in [2.05, 4.69) is 12.0 Å². The molecule has 0 radical (unpaired) electrons. The fraction of sp³-hybridized carbons (Fsp3) is 0.364. The quantitative estimate of drug-likeness (QED) is 0.516. The Morgan fingerprint density at radius 2 is 2.21 bits per heavy atom. The van der Waals surface area contributed by atoms with Crippen molar-refractivity contribution < 1.29 is 4.79 Å². The van der Waals surface area contributed by atoms with E-state index in [1.165, 1.54) is 24.2 Å². The third kappa shape index (κ3) is 2.15. The summed E-state index contributed by atoms with van der Waals surface area (Å²) in [5.74, 6) is 2.61. The highest BCUT2D eigenvalue weighted by molar-refractivity contribution is 7.12. The minimum atomic E-state index is -0.0631. The van der Waals surface area contributed by atoms with Crippen molar-refractivity contribution in [2.75, 3.05) is 13.1 Å². The first-order valence-corrected chi connectivity index (χ1v) is 5.59. The van der Waals surface area contributed by atoms with Crippen LogP contribution in [-0.2, 0) is 0 Å². The zero-order valence-electron chi connectivity index (χ0n) is 7.82. The van der Waals surface area contributed by atoms with Gasteiger partial charge in [0.05, 0.1) is 4.88 Å². The lowest BCUT2D eigenvalue weighted by Crippen LogP contribution is -2.11. The molecular weight excluding hydrogens is 194 g/mol. The van der Waals surface area contributed by atoms with Gasteiger partial charge in [-0.3, -0.25) is 4.79 Å². The van der Waals surface area contributed by atoms with Gasteiger partial charge >= 0.3 is 0 Å². The molecule has 0 N–H and O–H groups in total. The summed E-state index contributed by atoms with van der Waals surface area (Å²) in [5, 5.41) is 1.89. The molecule has 0 spiro atoms. The molecule has 0 amide bonds. The molecular formula is C11H11NOS. The third-order valence-electron chi connectivity index (χ3n) is 2.18. The summed E-state index contributed by atoms with van der Waals surface area (Å²) in [5.41, 5.74) is 0. The highest BCUT2D eigenvalue weighted by Crippen LogP contribution is 2.09. The maximum absolute atomic E-state index is 11.5. The highest BCUT2D eigenvalue weighted by atomic mass is 32.1. The Labute approximate surface area is 87.5 Å². The summed E-state index contributed by atoms with van der Waals surface area (Å²) in [6, 6.07) is 6.59. The number of likely N-dealkylation sites (tertiary alicyclic amines) is 1. The Morgan fingerprint density at radius 1 is 1.43 bits per heavy atom. The van der Waals surface area contributed by atoms with Gasteiger partial charge in [0, 0.05) is 25.1 Å². The van der Waals surface area contributed by atoms with E-state index in [4.69, 9.17) is 0 Å². The fourth-order valence-electron chi connectivity index (χ4n) is 1.43. The smallest absolute Gasteiger partial charge is 0.247 e. The first-order chi connectivity index (χ1) is 6.86. The van der Waals surface area contributed by atoms with E-state index >= 15 is 0 Å². The first-order valence-electron chi connectivity index (χ1n) is 4.71. The zero-order valence-corrected chi connectivity index (χ0v) is 8.64. The number of rotatable bonds is 1. The second-order valence-electron chi connectivity index (χ2n) is 3.24. The molecule has 0 atom stereocenters.